The molecule has 0 bridgehead atoms. The SMILES string of the molecule is CC.CC.Cc1cn2c(C)cnc2cn1. The fourth-order valence-electron chi connectivity index (χ4n) is 1.11. The number of aryl methyl sites for hydroxylation is 2. The molecular weight excluding hydrogens is 186 g/mol. The van der Waals surface area contributed by atoms with Crippen molar-refractivity contribution in [2.45, 2.75) is 41.5 Å². The summed E-state index contributed by atoms with van der Waals surface area (Å²) in [6, 6.07) is 0. The number of fused-ring (bicyclic) bond motifs is 1. The quantitative estimate of drug-likeness (QED) is 0.662. The van der Waals surface area contributed by atoms with Crippen LogP contribution in [0, 0.1) is 13.8 Å². The molecule has 0 saturated heterocycles. The van der Waals surface area contributed by atoms with Gasteiger partial charge in [-0.2, -0.15) is 0 Å². The van der Waals surface area contributed by atoms with Crippen molar-refractivity contribution in [1.82, 2.24) is 14.4 Å². The van der Waals surface area contributed by atoms with Crippen molar-refractivity contribution in [2.75, 3.05) is 0 Å². The predicted molar refractivity (Wildman–Crippen MR) is 65.2 cm³/mol. The van der Waals surface area contributed by atoms with Crippen LogP contribution in [-0.4, -0.2) is 14.4 Å². The van der Waals surface area contributed by atoms with Crippen LogP contribution in [-0.2, 0) is 0 Å². The van der Waals surface area contributed by atoms with Gasteiger partial charge in [-0.15, -0.1) is 0 Å². The van der Waals surface area contributed by atoms with Gasteiger partial charge in [-0.3, -0.25) is 4.98 Å². The van der Waals surface area contributed by atoms with Gasteiger partial charge in [-0.1, -0.05) is 27.7 Å². The second kappa shape index (κ2) is 6.98. The van der Waals surface area contributed by atoms with E-state index in [9.17, 15) is 0 Å². The van der Waals surface area contributed by atoms with Crippen molar-refractivity contribution < 1.29 is 0 Å². The molecule has 2 rings (SSSR count). The second-order valence-electron chi connectivity index (χ2n) is 2.66. The molecule has 0 aliphatic carbocycles. The molecule has 2 aromatic heterocycles. The molecule has 2 aromatic rings. The molecule has 0 fully saturated rings. The van der Waals surface area contributed by atoms with Crippen LogP contribution in [0.3, 0.4) is 0 Å². The maximum atomic E-state index is 4.16. The molecule has 2 heterocycles. The molecule has 0 aromatic carbocycles. The number of rotatable bonds is 0. The van der Waals surface area contributed by atoms with E-state index >= 15 is 0 Å². The fraction of sp³-hybridized carbons (Fsp3) is 0.500. The maximum Gasteiger partial charge on any atom is 0.155 e. The van der Waals surface area contributed by atoms with Crippen LogP contribution < -0.4 is 0 Å². The fourth-order valence-corrected chi connectivity index (χ4v) is 1.11. The summed E-state index contributed by atoms with van der Waals surface area (Å²) in [7, 11) is 0. The molecule has 0 aliphatic heterocycles. The zero-order chi connectivity index (χ0) is 11.8. The molecule has 15 heavy (non-hydrogen) atoms. The standard InChI is InChI=1S/C8H9N3.2C2H6/c1-6-5-11-7(2)3-10-8(11)4-9-6;2*1-2/h3-5H,1-2H3;2*1-2H3. The normalized spacial score (nSPS) is 8.67. The highest BCUT2D eigenvalue weighted by Crippen LogP contribution is 2.04. The van der Waals surface area contributed by atoms with Gasteiger partial charge in [0.1, 0.15) is 0 Å². The first-order valence-corrected chi connectivity index (χ1v) is 5.54. The summed E-state index contributed by atoms with van der Waals surface area (Å²) in [4.78, 5) is 8.30. The highest BCUT2D eigenvalue weighted by atomic mass is 15.0. The number of imidazole rings is 1. The lowest BCUT2D eigenvalue weighted by Gasteiger charge is -1.95. The van der Waals surface area contributed by atoms with Crippen molar-refractivity contribution in [3.8, 4) is 0 Å². The number of nitrogens with zero attached hydrogens (tertiary/aromatic N) is 3. The first kappa shape index (κ1) is 13.6. The van der Waals surface area contributed by atoms with Gasteiger partial charge in [-0.25, -0.2) is 4.98 Å². The Labute approximate surface area is 92.2 Å². The van der Waals surface area contributed by atoms with E-state index in [1.165, 1.54) is 0 Å². The summed E-state index contributed by atoms with van der Waals surface area (Å²) in [5.74, 6) is 0. The Balaban J connectivity index is 0.000000442. The van der Waals surface area contributed by atoms with Gasteiger partial charge in [0.05, 0.1) is 11.9 Å². The Hall–Kier alpha value is -1.38. The Kier molecular flexibility index (Phi) is 6.34. The van der Waals surface area contributed by atoms with Crippen LogP contribution in [0.15, 0.2) is 18.6 Å². The van der Waals surface area contributed by atoms with Gasteiger partial charge in [0, 0.05) is 18.1 Å². The van der Waals surface area contributed by atoms with E-state index in [1.807, 2.05) is 58.3 Å². The summed E-state index contributed by atoms with van der Waals surface area (Å²) in [5, 5.41) is 0. The van der Waals surface area contributed by atoms with E-state index in [0.29, 0.717) is 0 Å². The van der Waals surface area contributed by atoms with Crippen molar-refractivity contribution in [2.24, 2.45) is 0 Å². The zero-order valence-corrected chi connectivity index (χ0v) is 10.6. The molecule has 3 heteroatoms. The Bertz CT molecular complexity index is 391. The zero-order valence-electron chi connectivity index (χ0n) is 10.6. The lowest BCUT2D eigenvalue weighted by atomic mass is 10.5. The minimum Gasteiger partial charge on any atom is -0.301 e. The maximum absolute atomic E-state index is 4.16. The predicted octanol–water partition coefficient (Wildman–Crippen LogP) is 3.40. The summed E-state index contributed by atoms with van der Waals surface area (Å²) in [6.45, 7) is 12.0. The van der Waals surface area contributed by atoms with Gasteiger partial charge in [0.15, 0.2) is 5.65 Å². The average Bonchev–Trinajstić information content (AvgIpc) is 2.66. The first-order valence-electron chi connectivity index (χ1n) is 5.54. The van der Waals surface area contributed by atoms with Crippen LogP contribution in [0.2, 0.25) is 0 Å². The Morgan fingerprint density at radius 2 is 1.53 bits per heavy atom. The van der Waals surface area contributed by atoms with E-state index in [1.54, 1.807) is 6.20 Å². The highest BCUT2D eigenvalue weighted by Gasteiger charge is 1.97. The third kappa shape index (κ3) is 3.35. The monoisotopic (exact) mass is 207 g/mol. The second-order valence-corrected chi connectivity index (χ2v) is 2.66. The number of hydrogen-bond acceptors (Lipinski definition) is 2. The van der Waals surface area contributed by atoms with Crippen molar-refractivity contribution >= 4 is 5.65 Å². The lowest BCUT2D eigenvalue weighted by molar-refractivity contribution is 1.03. The molecule has 0 saturated carbocycles. The van der Waals surface area contributed by atoms with E-state index < -0.39 is 0 Å². The van der Waals surface area contributed by atoms with Crippen LogP contribution in [0.25, 0.3) is 5.65 Å². The van der Waals surface area contributed by atoms with E-state index in [2.05, 4.69) is 9.97 Å². The van der Waals surface area contributed by atoms with Gasteiger partial charge < -0.3 is 4.40 Å². The van der Waals surface area contributed by atoms with E-state index in [4.69, 9.17) is 0 Å². The summed E-state index contributed by atoms with van der Waals surface area (Å²) >= 11 is 0. The third-order valence-corrected chi connectivity index (χ3v) is 1.71. The number of hydrogen-bond donors (Lipinski definition) is 0. The molecule has 3 nitrogen and oxygen atoms in total. The molecule has 0 atom stereocenters. The Morgan fingerprint density at radius 1 is 0.933 bits per heavy atom. The summed E-state index contributed by atoms with van der Waals surface area (Å²) < 4.78 is 2.03. The van der Waals surface area contributed by atoms with Crippen LogP contribution in [0.1, 0.15) is 39.1 Å². The smallest absolute Gasteiger partial charge is 0.155 e. The molecule has 0 spiro atoms. The van der Waals surface area contributed by atoms with Gasteiger partial charge in [0.2, 0.25) is 0 Å². The largest absolute Gasteiger partial charge is 0.301 e. The molecule has 84 valence electrons. The van der Waals surface area contributed by atoms with Crippen molar-refractivity contribution in [3.05, 3.63) is 30.0 Å². The molecule has 0 unspecified atom stereocenters. The first-order chi connectivity index (χ1) is 7.27. The average molecular weight is 207 g/mol. The molecule has 0 aliphatic rings. The minimum atomic E-state index is 0.910. The topological polar surface area (TPSA) is 30.2 Å². The summed E-state index contributed by atoms with van der Waals surface area (Å²) in [5.41, 5.74) is 3.07. The molecule has 0 radical (unpaired) electrons. The highest BCUT2D eigenvalue weighted by molar-refractivity contribution is 5.37. The molecular formula is C12H21N3. The van der Waals surface area contributed by atoms with Crippen molar-refractivity contribution in [3.63, 3.8) is 0 Å². The van der Waals surface area contributed by atoms with E-state index in [-0.39, 0.29) is 0 Å². The van der Waals surface area contributed by atoms with Crippen LogP contribution >= 0.6 is 0 Å². The molecule has 0 amide bonds. The third-order valence-electron chi connectivity index (χ3n) is 1.71. The number of aromatic nitrogens is 3. The lowest BCUT2D eigenvalue weighted by Crippen LogP contribution is -1.90. The van der Waals surface area contributed by atoms with Gasteiger partial charge in [0.25, 0.3) is 0 Å². The molecule has 0 N–H and O–H groups in total. The summed E-state index contributed by atoms with van der Waals surface area (Å²) in [6.07, 6.45) is 5.61. The van der Waals surface area contributed by atoms with Gasteiger partial charge in [-0.05, 0) is 13.8 Å². The Morgan fingerprint density at radius 3 is 2.13 bits per heavy atom. The van der Waals surface area contributed by atoms with Gasteiger partial charge >= 0.3 is 0 Å². The van der Waals surface area contributed by atoms with Crippen molar-refractivity contribution in [1.29, 1.82) is 0 Å². The van der Waals surface area contributed by atoms with E-state index in [0.717, 1.165) is 17.0 Å². The van der Waals surface area contributed by atoms with Crippen LogP contribution in [0.4, 0.5) is 0 Å². The van der Waals surface area contributed by atoms with Crippen LogP contribution in [0.5, 0.6) is 0 Å². The minimum absolute atomic E-state index is 0.910.